The first-order valence-electron chi connectivity index (χ1n) is 6.26. The van der Waals surface area contributed by atoms with Crippen molar-refractivity contribution in [3.63, 3.8) is 0 Å². The Hall–Kier alpha value is -1.59. The van der Waals surface area contributed by atoms with Crippen LogP contribution in [0.4, 0.5) is 5.69 Å². The average Bonchev–Trinajstić information content (AvgIpc) is 2.38. The maximum atomic E-state index is 11.2. The molecule has 1 aliphatic heterocycles. The Morgan fingerprint density at radius 3 is 3.00 bits per heavy atom. The third-order valence-electron chi connectivity index (χ3n) is 2.73. The summed E-state index contributed by atoms with van der Waals surface area (Å²) in [5.41, 5.74) is 1.90. The van der Waals surface area contributed by atoms with E-state index >= 15 is 0 Å². The zero-order valence-electron chi connectivity index (χ0n) is 10.6. The zero-order valence-corrected chi connectivity index (χ0v) is 10.6. The number of anilines is 1. The van der Waals surface area contributed by atoms with Gasteiger partial charge in [-0.05, 0) is 24.2 Å². The van der Waals surface area contributed by atoms with Gasteiger partial charge in [0, 0.05) is 19.6 Å². The van der Waals surface area contributed by atoms with Crippen LogP contribution in [-0.2, 0) is 11.3 Å². The van der Waals surface area contributed by atoms with Crippen molar-refractivity contribution in [3.8, 4) is 5.75 Å². The highest BCUT2D eigenvalue weighted by Gasteiger charge is 2.15. The van der Waals surface area contributed by atoms with E-state index in [0.29, 0.717) is 0 Å². The number of fused-ring (bicyclic) bond motifs is 1. The van der Waals surface area contributed by atoms with Gasteiger partial charge in [0.25, 0.3) is 5.91 Å². The van der Waals surface area contributed by atoms with Crippen LogP contribution in [0.3, 0.4) is 0 Å². The Balaban J connectivity index is 1.86. The number of carbonyl (C=O) groups is 1. The summed E-state index contributed by atoms with van der Waals surface area (Å²) < 4.78 is 5.31. The van der Waals surface area contributed by atoms with E-state index in [9.17, 15) is 4.79 Å². The third-order valence-corrected chi connectivity index (χ3v) is 2.73. The molecule has 98 valence electrons. The van der Waals surface area contributed by atoms with Gasteiger partial charge >= 0.3 is 0 Å². The molecule has 0 aromatic heterocycles. The van der Waals surface area contributed by atoms with Gasteiger partial charge in [0.15, 0.2) is 6.61 Å². The smallest absolute Gasteiger partial charge is 0.262 e. The number of nitrogens with one attached hydrogen (secondary N) is 3. The lowest BCUT2D eigenvalue weighted by molar-refractivity contribution is -0.118. The maximum Gasteiger partial charge on any atom is 0.262 e. The monoisotopic (exact) mass is 249 g/mol. The fraction of sp³-hybridized carbons (Fsp3) is 0.462. The summed E-state index contributed by atoms with van der Waals surface area (Å²) in [6.45, 7) is 5.85. The molecule has 0 bridgehead atoms. The molecule has 1 aromatic rings. The number of ether oxygens (including phenoxy) is 1. The Bertz CT molecular complexity index is 421. The van der Waals surface area contributed by atoms with E-state index in [1.54, 1.807) is 0 Å². The lowest BCUT2D eigenvalue weighted by atomic mass is 10.1. The second kappa shape index (κ2) is 6.37. The average molecular weight is 249 g/mol. The van der Waals surface area contributed by atoms with Gasteiger partial charge in [-0.1, -0.05) is 13.0 Å². The topological polar surface area (TPSA) is 62.4 Å². The number of likely N-dealkylation sites (N-methyl/N-ethyl adjacent to an activating group) is 1. The van der Waals surface area contributed by atoms with Crippen LogP contribution < -0.4 is 20.7 Å². The first-order valence-corrected chi connectivity index (χ1v) is 6.26. The van der Waals surface area contributed by atoms with E-state index in [4.69, 9.17) is 4.74 Å². The molecule has 0 unspecified atom stereocenters. The van der Waals surface area contributed by atoms with Crippen LogP contribution in [0.2, 0.25) is 0 Å². The first-order chi connectivity index (χ1) is 8.79. The Kier molecular flexibility index (Phi) is 4.55. The normalized spacial score (nSPS) is 13.7. The Morgan fingerprint density at radius 1 is 1.33 bits per heavy atom. The molecular weight excluding hydrogens is 230 g/mol. The van der Waals surface area contributed by atoms with Gasteiger partial charge in [-0.25, -0.2) is 0 Å². The van der Waals surface area contributed by atoms with Crippen molar-refractivity contribution in [3.05, 3.63) is 23.8 Å². The first kappa shape index (κ1) is 12.9. The molecule has 3 N–H and O–H groups in total. The molecule has 18 heavy (non-hydrogen) atoms. The molecule has 0 radical (unpaired) electrons. The molecule has 0 saturated carbocycles. The van der Waals surface area contributed by atoms with Crippen molar-refractivity contribution in [2.45, 2.75) is 13.5 Å². The number of amides is 1. The van der Waals surface area contributed by atoms with Crippen molar-refractivity contribution in [2.24, 2.45) is 0 Å². The van der Waals surface area contributed by atoms with E-state index in [1.807, 2.05) is 18.2 Å². The van der Waals surface area contributed by atoms with Crippen molar-refractivity contribution >= 4 is 11.6 Å². The molecule has 1 aromatic carbocycles. The summed E-state index contributed by atoms with van der Waals surface area (Å²) in [6, 6.07) is 5.86. The Morgan fingerprint density at radius 2 is 2.17 bits per heavy atom. The highest BCUT2D eigenvalue weighted by Crippen LogP contribution is 2.28. The van der Waals surface area contributed by atoms with Crippen molar-refractivity contribution in [1.82, 2.24) is 10.6 Å². The maximum absolute atomic E-state index is 11.2. The highest BCUT2D eigenvalue weighted by atomic mass is 16.5. The molecule has 1 heterocycles. The second-order valence-electron chi connectivity index (χ2n) is 4.20. The van der Waals surface area contributed by atoms with Gasteiger partial charge < -0.3 is 20.7 Å². The van der Waals surface area contributed by atoms with Gasteiger partial charge in [0.2, 0.25) is 0 Å². The molecule has 2 rings (SSSR count). The fourth-order valence-electron chi connectivity index (χ4n) is 1.83. The molecular formula is C13H19N3O2. The van der Waals surface area contributed by atoms with Crippen LogP contribution in [0.25, 0.3) is 0 Å². The molecule has 0 fully saturated rings. The molecule has 5 nitrogen and oxygen atoms in total. The zero-order chi connectivity index (χ0) is 12.8. The van der Waals surface area contributed by atoms with Crippen LogP contribution in [0, 0.1) is 0 Å². The summed E-state index contributed by atoms with van der Waals surface area (Å²) in [5, 5.41) is 9.40. The van der Waals surface area contributed by atoms with Gasteiger partial charge in [-0.2, -0.15) is 0 Å². The third kappa shape index (κ3) is 3.45. The predicted molar refractivity (Wildman–Crippen MR) is 70.8 cm³/mol. The molecule has 0 atom stereocenters. The van der Waals surface area contributed by atoms with Crippen LogP contribution >= 0.6 is 0 Å². The molecule has 0 spiro atoms. The van der Waals surface area contributed by atoms with Gasteiger partial charge in [0.1, 0.15) is 5.75 Å². The van der Waals surface area contributed by atoms with Crippen molar-refractivity contribution < 1.29 is 9.53 Å². The van der Waals surface area contributed by atoms with Crippen molar-refractivity contribution in [2.75, 3.05) is 31.6 Å². The summed E-state index contributed by atoms with van der Waals surface area (Å²) in [4.78, 5) is 11.2. The van der Waals surface area contributed by atoms with Gasteiger partial charge in [0.05, 0.1) is 5.69 Å². The summed E-state index contributed by atoms with van der Waals surface area (Å²) in [6.07, 6.45) is 0. The standard InChI is InChI=1S/C13H19N3O2/c1-2-14-5-6-15-8-10-3-4-12-11(7-10)16-13(17)9-18-12/h3-4,7,14-15H,2,5-6,8-9H2,1H3,(H,16,17). The van der Waals surface area contributed by atoms with Gasteiger partial charge in [-0.15, -0.1) is 0 Å². The number of hydrogen-bond donors (Lipinski definition) is 3. The number of carbonyl (C=O) groups excluding carboxylic acids is 1. The quantitative estimate of drug-likeness (QED) is 0.650. The molecule has 1 aliphatic rings. The minimum absolute atomic E-state index is 0.0974. The fourth-order valence-corrected chi connectivity index (χ4v) is 1.83. The predicted octanol–water partition coefficient (Wildman–Crippen LogP) is 0.717. The van der Waals surface area contributed by atoms with Crippen LogP contribution in [0.5, 0.6) is 5.75 Å². The second-order valence-corrected chi connectivity index (χ2v) is 4.20. The lowest BCUT2D eigenvalue weighted by Gasteiger charge is -2.18. The molecule has 5 heteroatoms. The summed E-state index contributed by atoms with van der Waals surface area (Å²) in [5.74, 6) is 0.644. The van der Waals surface area contributed by atoms with Crippen LogP contribution in [0.15, 0.2) is 18.2 Å². The summed E-state index contributed by atoms with van der Waals surface area (Å²) >= 11 is 0. The lowest BCUT2D eigenvalue weighted by Crippen LogP contribution is -2.27. The van der Waals surface area contributed by atoms with E-state index in [0.717, 1.165) is 43.2 Å². The minimum atomic E-state index is -0.0974. The molecule has 0 aliphatic carbocycles. The largest absolute Gasteiger partial charge is 0.482 e. The molecule has 1 amide bonds. The van der Waals surface area contributed by atoms with Crippen molar-refractivity contribution in [1.29, 1.82) is 0 Å². The van der Waals surface area contributed by atoms with Crippen LogP contribution in [-0.4, -0.2) is 32.1 Å². The van der Waals surface area contributed by atoms with E-state index in [1.165, 1.54) is 0 Å². The van der Waals surface area contributed by atoms with E-state index < -0.39 is 0 Å². The van der Waals surface area contributed by atoms with E-state index in [2.05, 4.69) is 22.9 Å². The minimum Gasteiger partial charge on any atom is -0.482 e. The number of rotatable bonds is 6. The number of benzene rings is 1. The van der Waals surface area contributed by atoms with Gasteiger partial charge in [-0.3, -0.25) is 4.79 Å². The van der Waals surface area contributed by atoms with E-state index in [-0.39, 0.29) is 12.5 Å². The van der Waals surface area contributed by atoms with Crippen LogP contribution in [0.1, 0.15) is 12.5 Å². The SMILES string of the molecule is CCNCCNCc1ccc2c(c1)NC(=O)CO2. The molecule has 0 saturated heterocycles. The Labute approximate surface area is 107 Å². The highest BCUT2D eigenvalue weighted by molar-refractivity contribution is 5.95. The summed E-state index contributed by atoms with van der Waals surface area (Å²) in [7, 11) is 0. The number of hydrogen-bond acceptors (Lipinski definition) is 4.